The van der Waals surface area contributed by atoms with Crippen LogP contribution in [-0.4, -0.2) is 42.5 Å². The van der Waals surface area contributed by atoms with Gasteiger partial charge in [-0.3, -0.25) is 9.59 Å². The summed E-state index contributed by atoms with van der Waals surface area (Å²) in [7, 11) is 0. The molecule has 0 radical (unpaired) electrons. The average molecular weight is 443 g/mol. The average Bonchev–Trinajstić information content (AvgIpc) is 3.40. The van der Waals surface area contributed by atoms with Crippen molar-refractivity contribution in [1.82, 2.24) is 10.2 Å². The van der Waals surface area contributed by atoms with Gasteiger partial charge in [-0.25, -0.2) is 0 Å². The molecule has 3 aromatic carbocycles. The first-order valence-corrected chi connectivity index (χ1v) is 11.6. The molecule has 5 nitrogen and oxygen atoms in total. The van der Waals surface area contributed by atoms with Crippen LogP contribution in [0.3, 0.4) is 0 Å². The molecule has 0 aliphatic carbocycles. The zero-order valence-electron chi connectivity index (χ0n) is 18.8. The van der Waals surface area contributed by atoms with Crippen LogP contribution in [-0.2, 0) is 16.0 Å². The predicted octanol–water partition coefficient (Wildman–Crippen LogP) is 4.47. The second-order valence-corrected chi connectivity index (χ2v) is 8.30. The molecule has 0 aromatic heterocycles. The molecule has 1 N–H and O–H groups in total. The highest BCUT2D eigenvalue weighted by molar-refractivity contribution is 5.88. The monoisotopic (exact) mass is 442 g/mol. The van der Waals surface area contributed by atoms with Crippen molar-refractivity contribution < 1.29 is 14.3 Å². The lowest BCUT2D eigenvalue weighted by atomic mass is 10.0. The largest absolute Gasteiger partial charge is 0.492 e. The first-order valence-electron chi connectivity index (χ1n) is 11.6. The van der Waals surface area contributed by atoms with Crippen LogP contribution < -0.4 is 10.1 Å². The minimum Gasteiger partial charge on any atom is -0.492 e. The number of para-hydroxylation sites is 1. The smallest absolute Gasteiger partial charge is 0.245 e. The summed E-state index contributed by atoms with van der Waals surface area (Å²) in [5.41, 5.74) is 3.09. The molecule has 4 rings (SSSR count). The second-order valence-electron chi connectivity index (χ2n) is 8.30. The van der Waals surface area contributed by atoms with Crippen molar-refractivity contribution in [1.29, 1.82) is 0 Å². The van der Waals surface area contributed by atoms with E-state index in [1.165, 1.54) is 0 Å². The fraction of sp³-hybridized carbons (Fsp3) is 0.286. The standard InChI is InChI=1S/C28H30N2O3/c31-27(17-20-33-26-16-8-7-15-24(26)23-13-5-2-6-14-23)29-25(21-22-11-3-1-4-12-22)28(32)30-18-9-10-19-30/h1-8,11-16,25H,9-10,17-21H2,(H,29,31). The van der Waals surface area contributed by atoms with Crippen LogP contribution in [0.25, 0.3) is 11.1 Å². The second kappa shape index (κ2) is 11.3. The number of nitrogens with zero attached hydrogens (tertiary/aromatic N) is 1. The molecule has 170 valence electrons. The fourth-order valence-corrected chi connectivity index (χ4v) is 4.18. The lowest BCUT2D eigenvalue weighted by molar-refractivity contribution is -0.135. The molecule has 1 aliphatic rings. The Hall–Kier alpha value is -3.60. The van der Waals surface area contributed by atoms with E-state index in [4.69, 9.17) is 4.74 Å². The van der Waals surface area contributed by atoms with E-state index in [1.54, 1.807) is 0 Å². The van der Waals surface area contributed by atoms with Gasteiger partial charge in [0.2, 0.25) is 11.8 Å². The Morgan fingerprint density at radius 1 is 0.848 bits per heavy atom. The number of amides is 2. The van der Waals surface area contributed by atoms with E-state index >= 15 is 0 Å². The Morgan fingerprint density at radius 2 is 1.48 bits per heavy atom. The number of ether oxygens (including phenoxy) is 1. The van der Waals surface area contributed by atoms with Crippen LogP contribution >= 0.6 is 0 Å². The number of nitrogens with one attached hydrogen (secondary N) is 1. The van der Waals surface area contributed by atoms with Gasteiger partial charge in [0.15, 0.2) is 0 Å². The molecular formula is C28H30N2O3. The number of carbonyl (C=O) groups is 2. The molecule has 5 heteroatoms. The lowest BCUT2D eigenvalue weighted by Gasteiger charge is -2.24. The third kappa shape index (κ3) is 6.22. The van der Waals surface area contributed by atoms with Gasteiger partial charge < -0.3 is 15.0 Å². The van der Waals surface area contributed by atoms with Crippen LogP contribution in [0, 0.1) is 0 Å². The van der Waals surface area contributed by atoms with Gasteiger partial charge in [-0.15, -0.1) is 0 Å². The minimum absolute atomic E-state index is 0.0000413. The van der Waals surface area contributed by atoms with Crippen LogP contribution in [0.5, 0.6) is 5.75 Å². The Labute approximate surface area is 195 Å². The van der Waals surface area contributed by atoms with Gasteiger partial charge in [0, 0.05) is 25.1 Å². The van der Waals surface area contributed by atoms with Gasteiger partial charge in [-0.05, 0) is 30.0 Å². The molecule has 1 heterocycles. The maximum atomic E-state index is 13.1. The number of hydrogen-bond acceptors (Lipinski definition) is 3. The summed E-state index contributed by atoms with van der Waals surface area (Å²) in [6.07, 6.45) is 2.71. The highest BCUT2D eigenvalue weighted by atomic mass is 16.5. The molecule has 1 atom stereocenters. The Balaban J connectivity index is 1.36. The van der Waals surface area contributed by atoms with E-state index in [0.29, 0.717) is 6.42 Å². The van der Waals surface area contributed by atoms with E-state index in [2.05, 4.69) is 5.32 Å². The van der Waals surface area contributed by atoms with E-state index in [-0.39, 0.29) is 24.8 Å². The molecule has 0 bridgehead atoms. The van der Waals surface area contributed by atoms with Crippen molar-refractivity contribution in [3.63, 3.8) is 0 Å². The number of rotatable bonds is 9. The zero-order chi connectivity index (χ0) is 22.9. The Kier molecular flexibility index (Phi) is 7.75. The van der Waals surface area contributed by atoms with Gasteiger partial charge in [0.05, 0.1) is 13.0 Å². The van der Waals surface area contributed by atoms with Gasteiger partial charge in [-0.1, -0.05) is 78.9 Å². The molecular weight excluding hydrogens is 412 g/mol. The first-order chi connectivity index (χ1) is 16.2. The normalized spacial score (nSPS) is 14.0. The van der Waals surface area contributed by atoms with Crippen molar-refractivity contribution in [3.05, 3.63) is 90.5 Å². The van der Waals surface area contributed by atoms with Crippen molar-refractivity contribution in [3.8, 4) is 16.9 Å². The number of carbonyl (C=O) groups excluding carboxylic acids is 2. The van der Waals surface area contributed by atoms with Crippen molar-refractivity contribution >= 4 is 11.8 Å². The van der Waals surface area contributed by atoms with E-state index < -0.39 is 6.04 Å². The molecule has 1 aliphatic heterocycles. The summed E-state index contributed by atoms with van der Waals surface area (Å²) in [6.45, 7) is 1.77. The molecule has 0 saturated carbocycles. The number of benzene rings is 3. The van der Waals surface area contributed by atoms with E-state index in [1.807, 2.05) is 89.8 Å². The molecule has 1 fully saturated rings. The third-order valence-electron chi connectivity index (χ3n) is 5.89. The third-order valence-corrected chi connectivity index (χ3v) is 5.89. The molecule has 2 amide bonds. The van der Waals surface area contributed by atoms with Gasteiger partial charge in [0.1, 0.15) is 11.8 Å². The SMILES string of the molecule is O=C(CCOc1ccccc1-c1ccccc1)NC(Cc1ccccc1)C(=O)N1CCCC1. The highest BCUT2D eigenvalue weighted by Gasteiger charge is 2.28. The van der Waals surface area contributed by atoms with Gasteiger partial charge >= 0.3 is 0 Å². The first kappa shape index (κ1) is 22.6. The Morgan fingerprint density at radius 3 is 2.21 bits per heavy atom. The van der Waals surface area contributed by atoms with Gasteiger partial charge in [0.25, 0.3) is 0 Å². The topological polar surface area (TPSA) is 58.6 Å². The number of hydrogen-bond donors (Lipinski definition) is 1. The minimum atomic E-state index is -0.561. The lowest BCUT2D eigenvalue weighted by Crippen LogP contribution is -2.49. The molecule has 1 saturated heterocycles. The van der Waals surface area contributed by atoms with Crippen molar-refractivity contribution in [2.45, 2.75) is 31.7 Å². The Bertz CT molecular complexity index is 1050. The van der Waals surface area contributed by atoms with Crippen LogP contribution in [0.4, 0.5) is 0 Å². The van der Waals surface area contributed by atoms with Crippen molar-refractivity contribution in [2.24, 2.45) is 0 Å². The summed E-state index contributed by atoms with van der Waals surface area (Å²) < 4.78 is 5.97. The summed E-state index contributed by atoms with van der Waals surface area (Å²) in [5, 5.41) is 2.96. The maximum Gasteiger partial charge on any atom is 0.245 e. The summed E-state index contributed by atoms with van der Waals surface area (Å²) in [6, 6.07) is 27.1. The molecule has 0 spiro atoms. The maximum absolute atomic E-state index is 13.1. The van der Waals surface area contributed by atoms with Crippen LogP contribution in [0.15, 0.2) is 84.9 Å². The summed E-state index contributed by atoms with van der Waals surface area (Å²) in [4.78, 5) is 27.7. The van der Waals surface area contributed by atoms with Crippen molar-refractivity contribution in [2.75, 3.05) is 19.7 Å². The predicted molar refractivity (Wildman–Crippen MR) is 130 cm³/mol. The van der Waals surface area contributed by atoms with E-state index in [0.717, 1.165) is 48.4 Å². The summed E-state index contributed by atoms with van der Waals surface area (Å²) in [5.74, 6) is 0.561. The molecule has 1 unspecified atom stereocenters. The van der Waals surface area contributed by atoms with Crippen LogP contribution in [0.1, 0.15) is 24.8 Å². The van der Waals surface area contributed by atoms with E-state index in [9.17, 15) is 9.59 Å². The fourth-order valence-electron chi connectivity index (χ4n) is 4.18. The van der Waals surface area contributed by atoms with Crippen LogP contribution in [0.2, 0.25) is 0 Å². The highest BCUT2D eigenvalue weighted by Crippen LogP contribution is 2.29. The zero-order valence-corrected chi connectivity index (χ0v) is 18.8. The number of likely N-dealkylation sites (tertiary alicyclic amines) is 1. The molecule has 3 aromatic rings. The quantitative estimate of drug-likeness (QED) is 0.532. The van der Waals surface area contributed by atoms with Gasteiger partial charge in [-0.2, -0.15) is 0 Å². The molecule has 33 heavy (non-hydrogen) atoms. The summed E-state index contributed by atoms with van der Waals surface area (Å²) >= 11 is 0.